The summed E-state index contributed by atoms with van der Waals surface area (Å²) >= 11 is 0. The van der Waals surface area contributed by atoms with E-state index in [0.29, 0.717) is 78.7 Å². The summed E-state index contributed by atoms with van der Waals surface area (Å²) in [5.74, 6) is -0.183. The Kier molecular flexibility index (Phi) is 8.22. The maximum atomic E-state index is 13.5. The van der Waals surface area contributed by atoms with Crippen LogP contribution in [0, 0.1) is 0 Å². The van der Waals surface area contributed by atoms with Crippen molar-refractivity contribution in [2.24, 2.45) is 10.2 Å². The molecule has 10 nitrogen and oxygen atoms in total. The van der Waals surface area contributed by atoms with Crippen molar-refractivity contribution in [1.29, 1.82) is 0 Å². The predicted molar refractivity (Wildman–Crippen MR) is 241 cm³/mol. The number of fused-ring (bicyclic) bond motifs is 8. The average molecular weight is 829 g/mol. The normalized spacial score (nSPS) is 13.1. The Morgan fingerprint density at radius 1 is 0.312 bits per heavy atom. The molecule has 2 aliphatic carbocycles. The number of azo groups is 1. The highest BCUT2D eigenvalue weighted by Gasteiger charge is 2.34. The zero-order valence-corrected chi connectivity index (χ0v) is 33.4. The lowest BCUT2D eigenvalue weighted by Crippen LogP contribution is -2.20. The lowest BCUT2D eigenvalue weighted by atomic mass is 9.84. The first-order valence-electron chi connectivity index (χ1n) is 20.4. The fourth-order valence-corrected chi connectivity index (χ4v) is 8.54. The molecule has 10 aromatic rings. The minimum atomic E-state index is -0.248. The lowest BCUT2D eigenvalue weighted by Gasteiger charge is -2.16. The van der Waals surface area contributed by atoms with Gasteiger partial charge >= 0.3 is 0 Å². The van der Waals surface area contributed by atoms with Crippen LogP contribution in [0.3, 0.4) is 0 Å². The van der Waals surface area contributed by atoms with Crippen molar-refractivity contribution in [3.05, 3.63) is 214 Å². The summed E-state index contributed by atoms with van der Waals surface area (Å²) in [6, 6.07) is 51.5. The molecule has 0 spiro atoms. The molecule has 0 aliphatic heterocycles. The number of hydrogen-bond acceptors (Lipinski definition) is 10. The number of hydrogen-bond donors (Lipinski definition) is 0. The van der Waals surface area contributed by atoms with Gasteiger partial charge in [-0.15, -0.1) is 0 Å². The van der Waals surface area contributed by atoms with Crippen molar-refractivity contribution in [2.45, 2.75) is 0 Å². The number of ketones is 4. The van der Waals surface area contributed by atoms with Crippen molar-refractivity contribution in [2.75, 3.05) is 0 Å². The number of rotatable bonds is 6. The number of oxazole rings is 2. The Balaban J connectivity index is 0.716. The first kappa shape index (κ1) is 36.8. The van der Waals surface area contributed by atoms with Gasteiger partial charge in [-0.05, 0) is 95.1 Å². The van der Waals surface area contributed by atoms with Crippen molar-refractivity contribution < 1.29 is 28.0 Å². The van der Waals surface area contributed by atoms with Crippen LogP contribution in [0.5, 0.6) is 0 Å². The molecule has 2 heterocycles. The first-order chi connectivity index (χ1) is 31.4. The minimum absolute atomic E-state index is 0.203. The first-order valence-corrected chi connectivity index (χ1v) is 20.4. The van der Waals surface area contributed by atoms with E-state index in [1.165, 1.54) is 0 Å². The Bertz CT molecular complexity index is 3410. The molecule has 0 radical (unpaired) electrons. The highest BCUT2D eigenvalue weighted by molar-refractivity contribution is 6.32. The van der Waals surface area contributed by atoms with Crippen LogP contribution in [-0.2, 0) is 0 Å². The van der Waals surface area contributed by atoms with Gasteiger partial charge in [0.2, 0.25) is 11.8 Å². The maximum absolute atomic E-state index is 13.5. The Labute approximate surface area is 363 Å². The molecule has 0 fully saturated rings. The van der Waals surface area contributed by atoms with E-state index in [-0.39, 0.29) is 34.3 Å². The van der Waals surface area contributed by atoms with Gasteiger partial charge in [0.05, 0.1) is 22.5 Å². The van der Waals surface area contributed by atoms with Gasteiger partial charge in [-0.25, -0.2) is 9.97 Å². The summed E-state index contributed by atoms with van der Waals surface area (Å²) in [6.45, 7) is 0. The van der Waals surface area contributed by atoms with Crippen molar-refractivity contribution >= 4 is 56.7 Å². The third-order valence-electron chi connectivity index (χ3n) is 11.8. The number of aromatic nitrogens is 2. The van der Waals surface area contributed by atoms with Crippen LogP contribution in [0.15, 0.2) is 189 Å². The van der Waals surface area contributed by atoms with E-state index in [4.69, 9.17) is 8.83 Å². The SMILES string of the molecule is O=C1c2ccccc2C(=O)c2c1ccc1nc(-c3ccc(-c4ccc(N=Nc5ccc(-c6ccc(-c7nc8ccc9c(c8o7)C(=O)c7ccccc7C9=O)cc6)cc5)cc4)cc3)oc21. The molecule has 0 saturated carbocycles. The van der Waals surface area contributed by atoms with Gasteiger partial charge in [0.1, 0.15) is 11.0 Å². The van der Waals surface area contributed by atoms with Gasteiger partial charge in [-0.1, -0.05) is 97.1 Å². The molecular formula is C54H28N4O6. The molecule has 300 valence electrons. The summed E-state index contributed by atoms with van der Waals surface area (Å²) in [4.78, 5) is 62.6. The number of benzene rings is 8. The predicted octanol–water partition coefficient (Wildman–Crippen LogP) is 12.6. The molecule has 2 aliphatic rings. The van der Waals surface area contributed by atoms with E-state index in [0.717, 1.165) is 33.4 Å². The quantitative estimate of drug-likeness (QED) is 0.151. The van der Waals surface area contributed by atoms with Crippen LogP contribution in [0.2, 0.25) is 0 Å². The summed E-state index contributed by atoms with van der Waals surface area (Å²) in [5.41, 5.74) is 11.1. The summed E-state index contributed by atoms with van der Waals surface area (Å²) in [7, 11) is 0. The Hall–Kier alpha value is -9.02. The Morgan fingerprint density at radius 3 is 0.984 bits per heavy atom. The second-order valence-electron chi connectivity index (χ2n) is 15.6. The van der Waals surface area contributed by atoms with E-state index >= 15 is 0 Å². The van der Waals surface area contributed by atoms with Crippen LogP contribution in [0.1, 0.15) is 63.7 Å². The molecule has 0 saturated heterocycles. The molecule has 0 unspecified atom stereocenters. The van der Waals surface area contributed by atoms with E-state index in [2.05, 4.69) is 20.2 Å². The number of carbonyl (C=O) groups is 4. The zero-order chi connectivity index (χ0) is 43.1. The van der Waals surface area contributed by atoms with Gasteiger partial charge < -0.3 is 8.83 Å². The van der Waals surface area contributed by atoms with Gasteiger partial charge in [-0.2, -0.15) is 10.2 Å². The second-order valence-corrected chi connectivity index (χ2v) is 15.6. The van der Waals surface area contributed by atoms with Crippen molar-refractivity contribution in [3.63, 3.8) is 0 Å². The Morgan fingerprint density at radius 2 is 0.625 bits per heavy atom. The largest absolute Gasteiger partial charge is 0.435 e. The molecule has 0 amide bonds. The molecule has 2 aromatic heterocycles. The van der Waals surface area contributed by atoms with E-state index < -0.39 is 0 Å². The summed E-state index contributed by atoms with van der Waals surface area (Å²) in [5, 5.41) is 8.91. The maximum Gasteiger partial charge on any atom is 0.227 e. The van der Waals surface area contributed by atoms with E-state index in [1.54, 1.807) is 72.8 Å². The fourth-order valence-electron chi connectivity index (χ4n) is 8.54. The molecular weight excluding hydrogens is 801 g/mol. The van der Waals surface area contributed by atoms with Gasteiger partial charge in [-0.3, -0.25) is 19.2 Å². The molecule has 8 aromatic carbocycles. The lowest BCUT2D eigenvalue weighted by molar-refractivity contribution is 0.0979. The topological polar surface area (TPSA) is 145 Å². The van der Waals surface area contributed by atoms with Crippen LogP contribution in [0.4, 0.5) is 11.4 Å². The third kappa shape index (κ3) is 5.88. The van der Waals surface area contributed by atoms with Gasteiger partial charge in [0.15, 0.2) is 34.3 Å². The zero-order valence-electron chi connectivity index (χ0n) is 33.4. The molecule has 0 N–H and O–H groups in total. The van der Waals surface area contributed by atoms with Crippen LogP contribution >= 0.6 is 0 Å². The van der Waals surface area contributed by atoms with Crippen LogP contribution < -0.4 is 0 Å². The summed E-state index contributed by atoms with van der Waals surface area (Å²) in [6.07, 6.45) is 0. The summed E-state index contributed by atoms with van der Waals surface area (Å²) < 4.78 is 12.3. The van der Waals surface area contributed by atoms with E-state index in [1.807, 2.05) is 97.1 Å². The molecule has 0 bridgehead atoms. The monoisotopic (exact) mass is 828 g/mol. The minimum Gasteiger partial charge on any atom is -0.435 e. The average Bonchev–Trinajstić information content (AvgIpc) is 4.00. The second kappa shape index (κ2) is 14.3. The highest BCUT2D eigenvalue weighted by Crippen LogP contribution is 2.38. The molecule has 64 heavy (non-hydrogen) atoms. The molecule has 0 atom stereocenters. The van der Waals surface area contributed by atoms with Crippen LogP contribution in [-0.4, -0.2) is 33.1 Å². The fraction of sp³-hybridized carbons (Fsp3) is 0. The van der Waals surface area contributed by atoms with E-state index in [9.17, 15) is 19.2 Å². The standard InChI is InChI=1S/C54H28N4O6/c59-47-37-5-1-3-7-39(37)49(61)45-41(47)25-27-43-51(45)63-53(55-43)33-13-9-29(10-14-33)31-17-21-35(22-18-31)57-58-36-23-19-32(20-24-36)30-11-15-34(16-12-30)54-56-44-28-26-42-46(52(44)64-54)50(62)40-8-4-2-6-38(40)48(42)60/h1-28H. The number of carbonyl (C=O) groups excluding carboxylic acids is 4. The van der Waals surface area contributed by atoms with Gasteiger partial charge in [0, 0.05) is 44.5 Å². The van der Waals surface area contributed by atoms with Crippen molar-refractivity contribution in [3.8, 4) is 45.2 Å². The molecule has 12 rings (SSSR count). The number of nitrogens with zero attached hydrogens (tertiary/aromatic N) is 4. The third-order valence-corrected chi connectivity index (χ3v) is 11.8. The van der Waals surface area contributed by atoms with Crippen LogP contribution in [0.25, 0.3) is 67.4 Å². The van der Waals surface area contributed by atoms with Crippen molar-refractivity contribution in [1.82, 2.24) is 9.97 Å². The molecule has 10 heteroatoms. The highest BCUT2D eigenvalue weighted by atomic mass is 16.4. The smallest absolute Gasteiger partial charge is 0.227 e. The van der Waals surface area contributed by atoms with Gasteiger partial charge in [0.25, 0.3) is 0 Å².